The molecule has 4 heteroatoms. The van der Waals surface area contributed by atoms with Gasteiger partial charge in [0.05, 0.1) is 13.5 Å². The summed E-state index contributed by atoms with van der Waals surface area (Å²) >= 11 is 0. The standard InChI is InChI=1S/C13H17FO3/c1-8-5-9(17-4)6-10(12(8)14)13(2,3)7-11(15)16/h5-6H,7H2,1-4H3,(H,15,16). The van der Waals surface area contributed by atoms with Crippen LogP contribution in [0.4, 0.5) is 4.39 Å². The summed E-state index contributed by atoms with van der Waals surface area (Å²) in [5.41, 5.74) is 0.0597. The molecule has 0 aliphatic heterocycles. The van der Waals surface area contributed by atoms with Crippen LogP contribution in [0.2, 0.25) is 0 Å². The average Bonchev–Trinajstić information content (AvgIpc) is 2.19. The van der Waals surface area contributed by atoms with Crippen LogP contribution >= 0.6 is 0 Å². The van der Waals surface area contributed by atoms with Crippen LogP contribution < -0.4 is 4.74 Å². The Morgan fingerprint density at radius 2 is 2.06 bits per heavy atom. The van der Waals surface area contributed by atoms with Gasteiger partial charge in [0.15, 0.2) is 0 Å². The normalized spacial score (nSPS) is 11.4. The lowest BCUT2D eigenvalue weighted by atomic mass is 9.80. The van der Waals surface area contributed by atoms with Gasteiger partial charge in [-0.25, -0.2) is 4.39 Å². The van der Waals surface area contributed by atoms with Crippen LogP contribution in [0.15, 0.2) is 12.1 Å². The number of rotatable bonds is 4. The van der Waals surface area contributed by atoms with E-state index in [0.29, 0.717) is 16.9 Å². The number of benzene rings is 1. The van der Waals surface area contributed by atoms with Crippen molar-refractivity contribution in [2.24, 2.45) is 0 Å². The molecule has 1 rings (SSSR count). The van der Waals surface area contributed by atoms with Crippen molar-refractivity contribution in [3.05, 3.63) is 29.1 Å². The molecule has 0 radical (unpaired) electrons. The fourth-order valence-electron chi connectivity index (χ4n) is 1.82. The van der Waals surface area contributed by atoms with Gasteiger partial charge in [-0.05, 0) is 30.2 Å². The first-order chi connectivity index (χ1) is 7.77. The molecule has 0 aliphatic carbocycles. The minimum absolute atomic E-state index is 0.128. The fourth-order valence-corrected chi connectivity index (χ4v) is 1.82. The molecule has 0 aromatic heterocycles. The summed E-state index contributed by atoms with van der Waals surface area (Å²) in [5.74, 6) is -0.774. The van der Waals surface area contributed by atoms with E-state index in [1.807, 2.05) is 0 Å². The van der Waals surface area contributed by atoms with Crippen LogP contribution in [0, 0.1) is 12.7 Å². The van der Waals surface area contributed by atoms with Crippen molar-refractivity contribution in [2.45, 2.75) is 32.6 Å². The summed E-state index contributed by atoms with van der Waals surface area (Å²) in [6, 6.07) is 3.15. The third kappa shape index (κ3) is 2.96. The number of carboxylic acid groups (broad SMARTS) is 1. The van der Waals surface area contributed by atoms with E-state index in [1.165, 1.54) is 7.11 Å². The third-order valence-electron chi connectivity index (χ3n) is 2.79. The Balaban J connectivity index is 3.28. The van der Waals surface area contributed by atoms with E-state index in [-0.39, 0.29) is 12.2 Å². The van der Waals surface area contributed by atoms with Crippen LogP contribution in [0.25, 0.3) is 0 Å². The predicted molar refractivity (Wildman–Crippen MR) is 63.0 cm³/mol. The van der Waals surface area contributed by atoms with Crippen molar-refractivity contribution in [3.63, 3.8) is 0 Å². The second-order valence-corrected chi connectivity index (χ2v) is 4.76. The lowest BCUT2D eigenvalue weighted by molar-refractivity contribution is -0.138. The highest BCUT2D eigenvalue weighted by Gasteiger charge is 2.28. The van der Waals surface area contributed by atoms with E-state index >= 15 is 0 Å². The van der Waals surface area contributed by atoms with Gasteiger partial charge in [-0.2, -0.15) is 0 Å². The number of hydrogen-bond acceptors (Lipinski definition) is 2. The molecule has 0 amide bonds. The number of methoxy groups -OCH3 is 1. The zero-order valence-electron chi connectivity index (χ0n) is 10.5. The number of carbonyl (C=O) groups is 1. The first-order valence-corrected chi connectivity index (χ1v) is 5.34. The van der Waals surface area contributed by atoms with Crippen LogP contribution in [-0.2, 0) is 10.2 Å². The van der Waals surface area contributed by atoms with E-state index in [0.717, 1.165) is 0 Å². The molecule has 0 bridgehead atoms. The van der Waals surface area contributed by atoms with Crippen LogP contribution in [0.1, 0.15) is 31.4 Å². The van der Waals surface area contributed by atoms with Crippen molar-refractivity contribution < 1.29 is 19.0 Å². The van der Waals surface area contributed by atoms with Crippen molar-refractivity contribution >= 4 is 5.97 Å². The van der Waals surface area contributed by atoms with Crippen LogP contribution in [0.5, 0.6) is 5.75 Å². The Morgan fingerprint density at radius 3 is 2.53 bits per heavy atom. The average molecular weight is 240 g/mol. The summed E-state index contributed by atoms with van der Waals surface area (Å²) < 4.78 is 19.1. The van der Waals surface area contributed by atoms with Gasteiger partial charge < -0.3 is 9.84 Å². The molecule has 0 saturated carbocycles. The summed E-state index contributed by atoms with van der Waals surface area (Å²) in [6.45, 7) is 5.05. The Labute approximate surface area is 100 Å². The van der Waals surface area contributed by atoms with Gasteiger partial charge in [0, 0.05) is 5.41 Å². The highest BCUT2D eigenvalue weighted by atomic mass is 19.1. The number of carboxylic acids is 1. The van der Waals surface area contributed by atoms with Crippen molar-refractivity contribution in [2.75, 3.05) is 7.11 Å². The maximum Gasteiger partial charge on any atom is 0.304 e. The second-order valence-electron chi connectivity index (χ2n) is 4.76. The molecule has 94 valence electrons. The monoisotopic (exact) mass is 240 g/mol. The second kappa shape index (κ2) is 4.73. The molecule has 1 aromatic carbocycles. The molecule has 3 nitrogen and oxygen atoms in total. The highest BCUT2D eigenvalue weighted by Crippen LogP contribution is 2.33. The smallest absolute Gasteiger partial charge is 0.304 e. The molecule has 1 aromatic rings. The Hall–Kier alpha value is -1.58. The van der Waals surface area contributed by atoms with Gasteiger partial charge >= 0.3 is 5.97 Å². The SMILES string of the molecule is COc1cc(C)c(F)c(C(C)(C)CC(=O)O)c1. The van der Waals surface area contributed by atoms with E-state index in [1.54, 1.807) is 32.9 Å². The van der Waals surface area contributed by atoms with E-state index in [4.69, 9.17) is 9.84 Å². The molecule has 0 heterocycles. The molecule has 0 unspecified atom stereocenters. The Bertz CT molecular complexity index is 439. The molecular weight excluding hydrogens is 223 g/mol. The van der Waals surface area contributed by atoms with Gasteiger partial charge in [0.2, 0.25) is 0 Å². The van der Waals surface area contributed by atoms with Gasteiger partial charge in [0.1, 0.15) is 11.6 Å². The first-order valence-electron chi connectivity index (χ1n) is 5.34. The van der Waals surface area contributed by atoms with Crippen LogP contribution in [-0.4, -0.2) is 18.2 Å². The van der Waals surface area contributed by atoms with E-state index < -0.39 is 11.4 Å². The zero-order chi connectivity index (χ0) is 13.2. The largest absolute Gasteiger partial charge is 0.497 e. The number of halogens is 1. The molecule has 17 heavy (non-hydrogen) atoms. The maximum absolute atomic E-state index is 14.0. The highest BCUT2D eigenvalue weighted by molar-refractivity contribution is 5.69. The van der Waals surface area contributed by atoms with Crippen molar-refractivity contribution in [1.82, 2.24) is 0 Å². The lowest BCUT2D eigenvalue weighted by Gasteiger charge is -2.25. The maximum atomic E-state index is 14.0. The molecule has 0 fully saturated rings. The third-order valence-corrected chi connectivity index (χ3v) is 2.79. The summed E-state index contributed by atoms with van der Waals surface area (Å²) in [6.07, 6.45) is -0.128. The molecular formula is C13H17FO3. The Kier molecular flexibility index (Phi) is 3.76. The summed E-state index contributed by atoms with van der Waals surface area (Å²) in [4.78, 5) is 10.8. The number of aryl methyl sites for hydroxylation is 1. The number of ether oxygens (including phenoxy) is 1. The van der Waals surface area contributed by atoms with Crippen molar-refractivity contribution in [1.29, 1.82) is 0 Å². The van der Waals surface area contributed by atoms with E-state index in [2.05, 4.69) is 0 Å². The van der Waals surface area contributed by atoms with Gasteiger partial charge in [-0.3, -0.25) is 4.79 Å². The quantitative estimate of drug-likeness (QED) is 0.880. The molecule has 0 aliphatic rings. The van der Waals surface area contributed by atoms with Crippen molar-refractivity contribution in [3.8, 4) is 5.75 Å². The zero-order valence-corrected chi connectivity index (χ0v) is 10.5. The van der Waals surface area contributed by atoms with Gasteiger partial charge in [-0.15, -0.1) is 0 Å². The predicted octanol–water partition coefficient (Wildman–Crippen LogP) is 2.90. The van der Waals surface area contributed by atoms with Gasteiger partial charge in [0.25, 0.3) is 0 Å². The molecule has 0 saturated heterocycles. The van der Waals surface area contributed by atoms with E-state index in [9.17, 15) is 9.18 Å². The molecule has 0 spiro atoms. The Morgan fingerprint density at radius 1 is 1.47 bits per heavy atom. The molecule has 1 N–H and O–H groups in total. The summed E-state index contributed by atoms with van der Waals surface area (Å²) in [5, 5.41) is 8.84. The van der Waals surface area contributed by atoms with Gasteiger partial charge in [-0.1, -0.05) is 13.8 Å². The van der Waals surface area contributed by atoms with Crippen LogP contribution in [0.3, 0.4) is 0 Å². The topological polar surface area (TPSA) is 46.5 Å². The fraction of sp³-hybridized carbons (Fsp3) is 0.462. The lowest BCUT2D eigenvalue weighted by Crippen LogP contribution is -2.23. The minimum Gasteiger partial charge on any atom is -0.497 e. The number of aliphatic carboxylic acids is 1. The first kappa shape index (κ1) is 13.5. The minimum atomic E-state index is -0.949. The number of hydrogen-bond donors (Lipinski definition) is 1. The summed E-state index contributed by atoms with van der Waals surface area (Å²) in [7, 11) is 1.50. The molecule has 0 atom stereocenters.